The lowest BCUT2D eigenvalue weighted by Gasteiger charge is -2.25. The Balaban J connectivity index is 1.41. The van der Waals surface area contributed by atoms with E-state index in [0.29, 0.717) is 49.9 Å². The number of carbonyl (C=O) groups excluding carboxylic acids is 1. The Morgan fingerprint density at radius 3 is 2.74 bits per heavy atom. The van der Waals surface area contributed by atoms with Crippen LogP contribution in [0.4, 0.5) is 0 Å². The van der Waals surface area contributed by atoms with Gasteiger partial charge in [0.05, 0.1) is 31.2 Å². The number of esters is 1. The smallest absolute Gasteiger partial charge is 0.323 e. The van der Waals surface area contributed by atoms with E-state index in [1.54, 1.807) is 4.90 Å². The molecule has 1 fully saturated rings. The van der Waals surface area contributed by atoms with Gasteiger partial charge in [0.1, 0.15) is 12.3 Å². The van der Waals surface area contributed by atoms with Crippen molar-refractivity contribution >= 4 is 28.5 Å². The lowest BCUT2D eigenvalue weighted by atomic mass is 10.2. The lowest BCUT2D eigenvalue weighted by Crippen LogP contribution is -2.42. The maximum Gasteiger partial charge on any atom is 0.323 e. The first-order chi connectivity index (χ1) is 15.1. The van der Waals surface area contributed by atoms with Crippen LogP contribution in [0.3, 0.4) is 0 Å². The SMILES string of the molecule is COC(=O)[C@@H]1CC[C@H](O)N1CCCOc1nn(Cc2ccc(Cl)cc2)c2ccccc12. The van der Waals surface area contributed by atoms with Gasteiger partial charge in [-0.25, -0.2) is 0 Å². The van der Waals surface area contributed by atoms with Crippen molar-refractivity contribution in [3.05, 3.63) is 59.1 Å². The fraction of sp³-hybridized carbons (Fsp3) is 0.391. The Labute approximate surface area is 186 Å². The van der Waals surface area contributed by atoms with Crippen LogP contribution in [-0.2, 0) is 16.1 Å². The van der Waals surface area contributed by atoms with Crippen molar-refractivity contribution in [2.75, 3.05) is 20.3 Å². The number of aliphatic hydroxyl groups excluding tert-OH is 1. The molecule has 0 amide bonds. The molecular formula is C23H26ClN3O4. The molecule has 1 N–H and O–H groups in total. The van der Waals surface area contributed by atoms with Gasteiger partial charge in [0.2, 0.25) is 5.88 Å². The number of halogens is 1. The molecule has 0 bridgehead atoms. The molecule has 7 nitrogen and oxygen atoms in total. The molecular weight excluding hydrogens is 418 g/mol. The largest absolute Gasteiger partial charge is 0.476 e. The van der Waals surface area contributed by atoms with Crippen LogP contribution in [0.15, 0.2) is 48.5 Å². The molecule has 1 aliphatic heterocycles. The summed E-state index contributed by atoms with van der Waals surface area (Å²) >= 11 is 5.99. The van der Waals surface area contributed by atoms with Crippen molar-refractivity contribution in [1.82, 2.24) is 14.7 Å². The minimum absolute atomic E-state index is 0.301. The molecule has 2 aromatic carbocycles. The van der Waals surface area contributed by atoms with E-state index < -0.39 is 6.23 Å². The van der Waals surface area contributed by atoms with E-state index in [9.17, 15) is 9.90 Å². The van der Waals surface area contributed by atoms with E-state index >= 15 is 0 Å². The van der Waals surface area contributed by atoms with Crippen molar-refractivity contribution < 1.29 is 19.4 Å². The van der Waals surface area contributed by atoms with Crippen LogP contribution >= 0.6 is 11.6 Å². The third-order valence-corrected chi connectivity index (χ3v) is 5.88. The van der Waals surface area contributed by atoms with Gasteiger partial charge in [0.15, 0.2) is 0 Å². The molecule has 0 radical (unpaired) electrons. The predicted octanol–water partition coefficient (Wildman–Crippen LogP) is 3.46. The molecule has 0 aliphatic carbocycles. The average Bonchev–Trinajstić information content (AvgIpc) is 3.33. The fourth-order valence-electron chi connectivity index (χ4n) is 4.04. The summed E-state index contributed by atoms with van der Waals surface area (Å²) in [6.45, 7) is 1.59. The summed E-state index contributed by atoms with van der Waals surface area (Å²) in [4.78, 5) is 13.7. The second-order valence-electron chi connectivity index (χ2n) is 7.64. The monoisotopic (exact) mass is 443 g/mol. The number of hydrogen-bond donors (Lipinski definition) is 1. The number of aliphatic hydroxyl groups is 1. The summed E-state index contributed by atoms with van der Waals surface area (Å²) in [5.41, 5.74) is 2.09. The van der Waals surface area contributed by atoms with Crippen LogP contribution in [0.1, 0.15) is 24.8 Å². The molecule has 1 aromatic heterocycles. The van der Waals surface area contributed by atoms with Crippen molar-refractivity contribution in [1.29, 1.82) is 0 Å². The first kappa shape index (κ1) is 21.6. The number of methoxy groups -OCH3 is 1. The van der Waals surface area contributed by atoms with E-state index in [4.69, 9.17) is 21.1 Å². The first-order valence-electron chi connectivity index (χ1n) is 10.4. The molecule has 0 spiro atoms. The summed E-state index contributed by atoms with van der Waals surface area (Å²) in [7, 11) is 1.37. The molecule has 1 aliphatic rings. The Kier molecular flexibility index (Phi) is 6.75. The Bertz CT molecular complexity index is 1040. The maximum absolute atomic E-state index is 11.9. The van der Waals surface area contributed by atoms with Gasteiger partial charge in [-0.1, -0.05) is 35.9 Å². The number of hydrogen-bond acceptors (Lipinski definition) is 6. The Morgan fingerprint density at radius 2 is 1.97 bits per heavy atom. The summed E-state index contributed by atoms with van der Waals surface area (Å²) < 4.78 is 12.8. The topological polar surface area (TPSA) is 76.8 Å². The summed E-state index contributed by atoms with van der Waals surface area (Å²) in [6.07, 6.45) is 1.21. The summed E-state index contributed by atoms with van der Waals surface area (Å²) in [5, 5.41) is 16.5. The zero-order valence-electron chi connectivity index (χ0n) is 17.4. The maximum atomic E-state index is 11.9. The fourth-order valence-corrected chi connectivity index (χ4v) is 4.17. The third kappa shape index (κ3) is 4.84. The molecule has 3 aromatic rings. The van der Waals surface area contributed by atoms with Gasteiger partial charge in [0.25, 0.3) is 0 Å². The van der Waals surface area contributed by atoms with E-state index in [1.165, 1.54) is 7.11 Å². The zero-order chi connectivity index (χ0) is 21.8. The van der Waals surface area contributed by atoms with E-state index in [-0.39, 0.29) is 12.0 Å². The molecule has 2 heterocycles. The number of likely N-dealkylation sites (tertiary alicyclic amines) is 1. The normalized spacial score (nSPS) is 19.1. The van der Waals surface area contributed by atoms with Gasteiger partial charge in [-0.15, -0.1) is 5.10 Å². The highest BCUT2D eigenvalue weighted by atomic mass is 35.5. The molecule has 164 valence electrons. The number of carbonyl (C=O) groups is 1. The molecule has 0 saturated carbocycles. The van der Waals surface area contributed by atoms with Crippen molar-refractivity contribution in [3.8, 4) is 5.88 Å². The second kappa shape index (κ2) is 9.68. The van der Waals surface area contributed by atoms with Crippen molar-refractivity contribution in [2.24, 2.45) is 0 Å². The number of benzene rings is 2. The minimum Gasteiger partial charge on any atom is -0.476 e. The first-order valence-corrected chi connectivity index (χ1v) is 10.8. The van der Waals surface area contributed by atoms with Crippen LogP contribution in [0.5, 0.6) is 5.88 Å². The minimum atomic E-state index is -0.622. The van der Waals surface area contributed by atoms with Gasteiger partial charge < -0.3 is 14.6 Å². The number of ether oxygens (including phenoxy) is 2. The second-order valence-corrected chi connectivity index (χ2v) is 8.08. The highest BCUT2D eigenvalue weighted by molar-refractivity contribution is 6.30. The number of fused-ring (bicyclic) bond motifs is 1. The standard InChI is InChI=1S/C23H26ClN3O4/c1-30-23(29)20-11-12-21(28)26(20)13-4-14-31-22-18-5-2-3-6-19(18)27(25-22)15-16-7-9-17(24)10-8-16/h2-3,5-10,20-21,28H,4,11-15H2,1H3/t20-,21-/m0/s1. The van der Waals surface area contributed by atoms with E-state index in [0.717, 1.165) is 16.5 Å². The van der Waals surface area contributed by atoms with Crippen LogP contribution in [0, 0.1) is 0 Å². The molecule has 0 unspecified atom stereocenters. The predicted molar refractivity (Wildman–Crippen MR) is 118 cm³/mol. The third-order valence-electron chi connectivity index (χ3n) is 5.62. The van der Waals surface area contributed by atoms with E-state index in [2.05, 4.69) is 5.10 Å². The number of aromatic nitrogens is 2. The number of nitrogens with zero attached hydrogens (tertiary/aromatic N) is 3. The Hall–Kier alpha value is -2.61. The lowest BCUT2D eigenvalue weighted by molar-refractivity contribution is -0.148. The summed E-state index contributed by atoms with van der Waals surface area (Å²) in [6, 6.07) is 15.3. The van der Waals surface area contributed by atoms with Gasteiger partial charge in [0, 0.05) is 11.6 Å². The Morgan fingerprint density at radius 1 is 1.19 bits per heavy atom. The highest BCUT2D eigenvalue weighted by Gasteiger charge is 2.37. The van der Waals surface area contributed by atoms with Crippen molar-refractivity contribution in [2.45, 2.75) is 38.1 Å². The van der Waals surface area contributed by atoms with Crippen molar-refractivity contribution in [3.63, 3.8) is 0 Å². The highest BCUT2D eigenvalue weighted by Crippen LogP contribution is 2.27. The molecule has 2 atom stereocenters. The van der Waals surface area contributed by atoms with E-state index in [1.807, 2.05) is 53.2 Å². The number of para-hydroxylation sites is 1. The average molecular weight is 444 g/mol. The quantitative estimate of drug-likeness (QED) is 0.424. The van der Waals surface area contributed by atoms with Crippen LogP contribution in [-0.4, -0.2) is 58.3 Å². The number of rotatable bonds is 8. The van der Waals surface area contributed by atoms with Crippen LogP contribution in [0.2, 0.25) is 5.02 Å². The van der Waals surface area contributed by atoms with Gasteiger partial charge in [-0.2, -0.15) is 0 Å². The van der Waals surface area contributed by atoms with Gasteiger partial charge >= 0.3 is 5.97 Å². The molecule has 8 heteroatoms. The molecule has 31 heavy (non-hydrogen) atoms. The summed E-state index contributed by atoms with van der Waals surface area (Å²) in [5.74, 6) is 0.278. The van der Waals surface area contributed by atoms with Crippen LogP contribution in [0.25, 0.3) is 10.9 Å². The zero-order valence-corrected chi connectivity index (χ0v) is 18.2. The van der Waals surface area contributed by atoms with Crippen LogP contribution < -0.4 is 4.74 Å². The molecule has 1 saturated heterocycles. The van der Waals surface area contributed by atoms with Gasteiger partial charge in [-0.05, 0) is 49.1 Å². The van der Waals surface area contributed by atoms with Gasteiger partial charge in [-0.3, -0.25) is 14.4 Å². The molecule has 4 rings (SSSR count).